The maximum atomic E-state index is 14.6. The van der Waals surface area contributed by atoms with Crippen LogP contribution in [0.25, 0.3) is 44.8 Å². The summed E-state index contributed by atoms with van der Waals surface area (Å²) in [5.74, 6) is -0.389. The fourth-order valence-corrected chi connectivity index (χ4v) is 10.2. The summed E-state index contributed by atoms with van der Waals surface area (Å²) in [5, 5.41) is 27.4. The molecule has 2 unspecified atom stereocenters. The number of rotatable bonds is 13. The van der Waals surface area contributed by atoms with Crippen LogP contribution in [-0.4, -0.2) is 117 Å². The van der Waals surface area contributed by atoms with Crippen LogP contribution in [0.5, 0.6) is 11.5 Å². The maximum Gasteiger partial charge on any atom is 0.415 e. The zero-order chi connectivity index (χ0) is 50.4. The number of carbonyl (C=O) groups excluding carboxylic acids is 2. The molecular formula is C50H52Cl2F2N12O6. The summed E-state index contributed by atoms with van der Waals surface area (Å²) in [6.45, 7) is 3.16. The van der Waals surface area contributed by atoms with Gasteiger partial charge in [-0.1, -0.05) is 36.0 Å². The first kappa shape index (κ1) is 49.8. The normalized spacial score (nSPS) is 17.6. The summed E-state index contributed by atoms with van der Waals surface area (Å²) < 4.78 is 34.5. The van der Waals surface area contributed by atoms with Crippen LogP contribution < -0.4 is 15.4 Å². The molecule has 3 aliphatic rings. The number of fused-ring (bicyclic) bond motifs is 2. The highest BCUT2D eigenvalue weighted by atomic mass is 35.5. The van der Waals surface area contributed by atoms with E-state index in [4.69, 9.17) is 27.9 Å². The Morgan fingerprint density at radius 3 is 1.76 bits per heavy atom. The number of anilines is 2. The van der Waals surface area contributed by atoms with Crippen molar-refractivity contribution in [3.8, 4) is 34.3 Å². The Kier molecular flexibility index (Phi) is 15.3. The molecule has 18 nitrogen and oxygen atoms in total. The van der Waals surface area contributed by atoms with Gasteiger partial charge in [0.15, 0.2) is 34.9 Å². The largest absolute Gasteiger partial charge is 0.508 e. The number of amides is 2. The minimum atomic E-state index is -0.839. The van der Waals surface area contributed by atoms with Gasteiger partial charge in [-0.25, -0.2) is 43.5 Å². The van der Waals surface area contributed by atoms with E-state index in [-0.39, 0.29) is 48.0 Å². The lowest BCUT2D eigenvalue weighted by molar-refractivity contribution is -0.142. The second-order valence-corrected chi connectivity index (χ2v) is 19.5. The van der Waals surface area contributed by atoms with Crippen molar-refractivity contribution in [3.63, 3.8) is 0 Å². The second-order valence-electron chi connectivity index (χ2n) is 18.7. The molecule has 6 aromatic heterocycles. The molecule has 1 aliphatic carbocycles. The number of carbonyl (C=O) groups is 3. The molecule has 3 fully saturated rings. The van der Waals surface area contributed by atoms with Gasteiger partial charge in [0.05, 0.1) is 28.9 Å². The number of hydrogen-bond donors (Lipinski definition) is 6. The van der Waals surface area contributed by atoms with Crippen LogP contribution in [-0.2, 0) is 9.59 Å². The third kappa shape index (κ3) is 11.9. The number of benzene rings is 1. The zero-order valence-electron chi connectivity index (χ0n) is 39.0. The van der Waals surface area contributed by atoms with E-state index in [0.29, 0.717) is 89.1 Å². The maximum absolute atomic E-state index is 14.6. The molecule has 8 heterocycles. The lowest BCUT2D eigenvalue weighted by Gasteiger charge is -2.36. The Hall–Kier alpha value is -7.19. The zero-order valence-corrected chi connectivity index (χ0v) is 40.5. The van der Waals surface area contributed by atoms with Gasteiger partial charge in [0.2, 0.25) is 5.91 Å². The van der Waals surface area contributed by atoms with E-state index in [1.807, 2.05) is 4.90 Å². The van der Waals surface area contributed by atoms with Crippen molar-refractivity contribution < 1.29 is 38.1 Å². The highest BCUT2D eigenvalue weighted by Crippen LogP contribution is 2.45. The van der Waals surface area contributed by atoms with Crippen LogP contribution >= 0.6 is 23.2 Å². The third-order valence-electron chi connectivity index (χ3n) is 13.5. The Labute approximate surface area is 422 Å². The summed E-state index contributed by atoms with van der Waals surface area (Å²) in [6, 6.07) is 9.49. The topological polar surface area (TPSA) is 240 Å². The van der Waals surface area contributed by atoms with Gasteiger partial charge in [0.1, 0.15) is 22.8 Å². The predicted octanol–water partition coefficient (Wildman–Crippen LogP) is 9.73. The van der Waals surface area contributed by atoms with Crippen LogP contribution in [0.3, 0.4) is 0 Å². The first-order valence-electron chi connectivity index (χ1n) is 23.8. The number of nitrogens with zero attached hydrogens (tertiary/aromatic N) is 8. The number of carboxylic acid groups (broad SMARTS) is 1. The van der Waals surface area contributed by atoms with Crippen molar-refractivity contribution in [1.82, 2.24) is 49.7 Å². The van der Waals surface area contributed by atoms with Crippen LogP contribution in [0, 0.1) is 28.9 Å². The van der Waals surface area contributed by atoms with Gasteiger partial charge in [0.25, 0.3) is 0 Å². The fraction of sp³-hybridized carbons (Fsp3) is 0.380. The lowest BCUT2D eigenvalue weighted by atomic mass is 9.79. The van der Waals surface area contributed by atoms with Gasteiger partial charge >= 0.3 is 12.1 Å². The van der Waals surface area contributed by atoms with Crippen molar-refractivity contribution in [2.24, 2.45) is 17.3 Å². The smallest absolute Gasteiger partial charge is 0.415 e. The number of aromatic amines is 2. The second kappa shape index (κ2) is 22.1. The molecule has 6 N–H and O–H groups in total. The lowest BCUT2D eigenvalue weighted by Crippen LogP contribution is -2.43. The Bertz CT molecular complexity index is 3080. The van der Waals surface area contributed by atoms with Gasteiger partial charge in [-0.15, -0.1) is 0 Å². The molecule has 72 heavy (non-hydrogen) atoms. The first-order chi connectivity index (χ1) is 34.8. The van der Waals surface area contributed by atoms with E-state index >= 15 is 0 Å². The summed E-state index contributed by atoms with van der Waals surface area (Å²) >= 11 is 12.2. The van der Waals surface area contributed by atoms with Crippen LogP contribution in [0.4, 0.5) is 25.2 Å². The number of phenolic OH excluding ortho intramolecular Hbond substituents is 1. The summed E-state index contributed by atoms with van der Waals surface area (Å²) in [4.78, 5) is 72.2. The molecule has 7 aromatic rings. The number of aromatic nitrogens is 8. The van der Waals surface area contributed by atoms with Crippen LogP contribution in [0.15, 0.2) is 73.6 Å². The highest BCUT2D eigenvalue weighted by molar-refractivity contribution is 6.31. The molecule has 1 aromatic carbocycles. The molecule has 2 aliphatic heterocycles. The molecule has 2 atom stereocenters. The van der Waals surface area contributed by atoms with Crippen molar-refractivity contribution in [2.75, 3.05) is 49.9 Å². The molecule has 0 radical (unpaired) electrons. The Morgan fingerprint density at radius 2 is 1.24 bits per heavy atom. The van der Waals surface area contributed by atoms with E-state index < -0.39 is 29.1 Å². The number of pyridine rings is 2. The van der Waals surface area contributed by atoms with Crippen molar-refractivity contribution in [2.45, 2.75) is 64.2 Å². The minimum absolute atomic E-state index is 0.0231. The third-order valence-corrected chi connectivity index (χ3v) is 13.9. The van der Waals surface area contributed by atoms with E-state index in [1.54, 1.807) is 35.6 Å². The van der Waals surface area contributed by atoms with Crippen LogP contribution in [0.2, 0.25) is 10.0 Å². The van der Waals surface area contributed by atoms with Crippen LogP contribution in [0.1, 0.15) is 64.2 Å². The molecule has 10 rings (SSSR count). The molecular weight excluding hydrogens is 974 g/mol. The van der Waals surface area contributed by atoms with Gasteiger partial charge in [-0.3, -0.25) is 9.59 Å². The van der Waals surface area contributed by atoms with E-state index in [9.17, 15) is 33.4 Å². The SMILES string of the molecule is O=C(O)CC1(CC(=O)N2CCCC(CNc3nc(-c4c[nH]c5ncc(Cl)cc45)ncc3F)C2)CCCC1.O=C(Oc1ccc(O)cc1)N1CCCC(CNc2nc(-c3c[nH]c4ncc(Cl)cc34)ncc2F)C1. The van der Waals surface area contributed by atoms with Gasteiger partial charge in [-0.2, -0.15) is 0 Å². The molecule has 0 bridgehead atoms. The average molecular weight is 1030 g/mol. The number of likely N-dealkylation sites (tertiary alicyclic amines) is 2. The molecule has 2 amide bonds. The molecule has 1 saturated carbocycles. The highest BCUT2D eigenvalue weighted by Gasteiger charge is 2.40. The Balaban J connectivity index is 0.000000178. The number of hydrogen-bond acceptors (Lipinski definition) is 13. The monoisotopic (exact) mass is 1020 g/mol. The van der Waals surface area contributed by atoms with Gasteiger partial charge in [-0.05, 0) is 92.2 Å². The quantitative estimate of drug-likeness (QED) is 0.0630. The predicted molar refractivity (Wildman–Crippen MR) is 267 cm³/mol. The standard InChI is InChI=1S/C26H30ClFN6O3.C24H22ClFN6O3/c27-17-8-18-19(13-31-23(18)30-12-17)24-32-14-20(28)25(33-24)29-11-16-4-3-7-34(15-16)21(35)9-26(10-22(36)37)5-1-2-6-26;25-15-8-18-19(11-29-21(18)28-10-15)22-30-12-20(26)23(31-22)27-9-14-2-1-7-32(13-14)24(34)35-17-5-3-16(33)4-6-17/h8,12-14,16H,1-7,9-11,15H2,(H,30,31)(H,36,37)(H,29,32,33);3-6,8,10-12,14,33H,1-2,7,9,13H2,(H,28,29)(H,27,30,31). The van der Waals surface area contributed by atoms with Crippen molar-refractivity contribution >= 4 is 74.9 Å². The number of ether oxygens (including phenoxy) is 1. The fourth-order valence-electron chi connectivity index (χ4n) is 9.88. The number of phenols is 1. The number of aliphatic carboxylic acids is 1. The first-order valence-corrected chi connectivity index (χ1v) is 24.6. The number of piperidine rings is 2. The summed E-state index contributed by atoms with van der Waals surface area (Å²) in [7, 11) is 0. The van der Waals surface area contributed by atoms with Crippen molar-refractivity contribution in [1.29, 1.82) is 0 Å². The molecule has 22 heteroatoms. The average Bonchev–Trinajstić information content (AvgIpc) is 4.13. The van der Waals surface area contributed by atoms with E-state index in [0.717, 1.165) is 74.5 Å². The summed E-state index contributed by atoms with van der Waals surface area (Å²) in [5.41, 5.74) is 2.19. The van der Waals surface area contributed by atoms with Crippen molar-refractivity contribution in [3.05, 3.63) is 95.3 Å². The van der Waals surface area contributed by atoms with E-state index in [1.165, 1.54) is 30.5 Å². The number of carboxylic acids is 1. The van der Waals surface area contributed by atoms with E-state index in [2.05, 4.69) is 50.5 Å². The Morgan fingerprint density at radius 1 is 0.722 bits per heavy atom. The number of halogens is 4. The summed E-state index contributed by atoms with van der Waals surface area (Å²) in [6.07, 6.45) is 15.6. The molecule has 2 saturated heterocycles. The number of H-pyrrole nitrogens is 2. The molecule has 0 spiro atoms. The van der Waals surface area contributed by atoms with Gasteiger partial charge < -0.3 is 45.4 Å². The number of aromatic hydroxyl groups is 1. The number of nitrogens with one attached hydrogen (secondary N) is 4. The molecule has 376 valence electrons. The van der Waals surface area contributed by atoms with Gasteiger partial charge in [0, 0.05) is 92.4 Å². The minimum Gasteiger partial charge on any atom is -0.508 e.